The van der Waals surface area contributed by atoms with E-state index in [2.05, 4.69) is 10.3 Å². The lowest BCUT2D eigenvalue weighted by Crippen LogP contribution is -2.19. The Morgan fingerprint density at radius 2 is 1.77 bits per heavy atom. The van der Waals surface area contributed by atoms with Gasteiger partial charge in [0, 0.05) is 30.1 Å². The van der Waals surface area contributed by atoms with E-state index in [1.54, 1.807) is 19.3 Å². The number of aliphatic carboxylic acids is 1. The van der Waals surface area contributed by atoms with E-state index in [1.165, 1.54) is 11.3 Å². The van der Waals surface area contributed by atoms with Crippen LogP contribution in [0.3, 0.4) is 0 Å². The molecule has 6 nitrogen and oxygen atoms in total. The summed E-state index contributed by atoms with van der Waals surface area (Å²) in [4.78, 5) is 21.1. The monoisotopic (exact) mass is 431 g/mol. The zero-order valence-corrected chi connectivity index (χ0v) is 17.7. The standard InChI is InChI=1S/C24H21N3O3S/c1-16(23(28)29)14-26-24-27-21(22(31-24)18-6-5-13-25-15-18)17-9-11-20(12-10-17)30-19-7-3-2-4-8-19/h2-13,15-16H,14H2,1H3,(H,26,27)(H,28,29). The number of hydrogen-bond acceptors (Lipinski definition) is 6. The number of nitrogens with one attached hydrogen (secondary N) is 1. The number of carboxylic acids is 1. The number of aromatic nitrogens is 2. The third kappa shape index (κ3) is 5.07. The highest BCUT2D eigenvalue weighted by molar-refractivity contribution is 7.19. The molecule has 2 heterocycles. The number of para-hydroxylation sites is 1. The van der Waals surface area contributed by atoms with E-state index >= 15 is 0 Å². The number of nitrogens with zero attached hydrogens (tertiary/aromatic N) is 2. The molecule has 0 radical (unpaired) electrons. The van der Waals surface area contributed by atoms with Gasteiger partial charge in [-0.15, -0.1) is 0 Å². The molecular weight excluding hydrogens is 410 g/mol. The lowest BCUT2D eigenvalue weighted by Gasteiger charge is -2.07. The van der Waals surface area contributed by atoms with Gasteiger partial charge in [0.25, 0.3) is 0 Å². The van der Waals surface area contributed by atoms with Crippen molar-refractivity contribution in [1.82, 2.24) is 9.97 Å². The largest absolute Gasteiger partial charge is 0.481 e. The summed E-state index contributed by atoms with van der Waals surface area (Å²) in [7, 11) is 0. The van der Waals surface area contributed by atoms with Crippen molar-refractivity contribution in [2.24, 2.45) is 5.92 Å². The molecule has 2 N–H and O–H groups in total. The molecular formula is C24H21N3O3S. The smallest absolute Gasteiger partial charge is 0.308 e. The highest BCUT2D eigenvalue weighted by atomic mass is 32.1. The maximum absolute atomic E-state index is 11.1. The summed E-state index contributed by atoms with van der Waals surface area (Å²) in [5.74, 6) is 0.162. The van der Waals surface area contributed by atoms with Gasteiger partial charge < -0.3 is 15.2 Å². The quantitative estimate of drug-likeness (QED) is 0.367. The normalized spacial score (nSPS) is 11.6. The van der Waals surface area contributed by atoms with E-state index in [-0.39, 0.29) is 0 Å². The molecule has 0 spiro atoms. The number of hydrogen-bond donors (Lipinski definition) is 2. The van der Waals surface area contributed by atoms with E-state index in [4.69, 9.17) is 14.8 Å². The molecule has 2 aromatic carbocycles. The van der Waals surface area contributed by atoms with Gasteiger partial charge >= 0.3 is 5.97 Å². The van der Waals surface area contributed by atoms with Crippen molar-refractivity contribution >= 4 is 22.4 Å². The molecule has 0 saturated carbocycles. The minimum Gasteiger partial charge on any atom is -0.481 e. The molecule has 2 aromatic heterocycles. The zero-order chi connectivity index (χ0) is 21.6. The Morgan fingerprint density at radius 1 is 1.03 bits per heavy atom. The molecule has 0 fully saturated rings. The van der Waals surface area contributed by atoms with Crippen LogP contribution in [-0.2, 0) is 4.79 Å². The highest BCUT2D eigenvalue weighted by Gasteiger charge is 2.17. The Labute approximate surface area is 184 Å². The van der Waals surface area contributed by atoms with Crippen LogP contribution in [0.2, 0.25) is 0 Å². The second kappa shape index (κ2) is 9.40. The molecule has 1 unspecified atom stereocenters. The van der Waals surface area contributed by atoms with Crippen LogP contribution in [0.4, 0.5) is 5.13 Å². The lowest BCUT2D eigenvalue weighted by molar-refractivity contribution is -0.140. The average molecular weight is 432 g/mol. The molecule has 0 bridgehead atoms. The summed E-state index contributed by atoms with van der Waals surface area (Å²) in [6.07, 6.45) is 3.53. The summed E-state index contributed by atoms with van der Waals surface area (Å²) in [6, 6.07) is 21.3. The molecule has 156 valence electrons. The number of pyridine rings is 1. The third-order valence-corrected chi connectivity index (χ3v) is 5.70. The molecule has 0 aliphatic rings. The first kappa shape index (κ1) is 20.6. The SMILES string of the molecule is CC(CNc1nc(-c2ccc(Oc3ccccc3)cc2)c(-c2cccnc2)s1)C(=O)O. The van der Waals surface area contributed by atoms with Crippen LogP contribution in [0, 0.1) is 5.92 Å². The van der Waals surface area contributed by atoms with Gasteiger partial charge in [-0.25, -0.2) is 4.98 Å². The molecule has 0 aliphatic carbocycles. The first-order valence-electron chi connectivity index (χ1n) is 9.81. The van der Waals surface area contributed by atoms with Crippen LogP contribution in [0.25, 0.3) is 21.7 Å². The minimum atomic E-state index is -0.842. The van der Waals surface area contributed by atoms with Crippen molar-refractivity contribution in [3.05, 3.63) is 79.1 Å². The number of rotatable bonds is 8. The molecule has 7 heteroatoms. The van der Waals surface area contributed by atoms with Crippen LogP contribution >= 0.6 is 11.3 Å². The molecule has 31 heavy (non-hydrogen) atoms. The van der Waals surface area contributed by atoms with Gasteiger partial charge in [0.2, 0.25) is 0 Å². The fourth-order valence-corrected chi connectivity index (χ4v) is 3.90. The van der Waals surface area contributed by atoms with Gasteiger partial charge in [0.15, 0.2) is 5.13 Å². The van der Waals surface area contributed by atoms with E-state index in [0.29, 0.717) is 11.7 Å². The summed E-state index contributed by atoms with van der Waals surface area (Å²) in [5.41, 5.74) is 2.71. The Balaban J connectivity index is 1.62. The fraction of sp³-hybridized carbons (Fsp3) is 0.125. The first-order valence-corrected chi connectivity index (χ1v) is 10.6. The molecule has 4 rings (SSSR count). The van der Waals surface area contributed by atoms with Gasteiger partial charge in [-0.05, 0) is 42.5 Å². The topological polar surface area (TPSA) is 84.3 Å². The minimum absolute atomic E-state index is 0.304. The van der Waals surface area contributed by atoms with Gasteiger partial charge in [-0.2, -0.15) is 0 Å². The van der Waals surface area contributed by atoms with Gasteiger partial charge in [0.05, 0.1) is 16.5 Å². The Hall–Kier alpha value is -3.71. The molecule has 0 amide bonds. The van der Waals surface area contributed by atoms with E-state index in [0.717, 1.165) is 33.2 Å². The van der Waals surface area contributed by atoms with Crippen molar-refractivity contribution in [2.75, 3.05) is 11.9 Å². The van der Waals surface area contributed by atoms with Crippen molar-refractivity contribution < 1.29 is 14.6 Å². The predicted octanol–water partition coefficient (Wildman–Crippen LogP) is 5.80. The average Bonchev–Trinajstić information content (AvgIpc) is 3.23. The summed E-state index contributed by atoms with van der Waals surface area (Å²) < 4.78 is 5.88. The molecule has 4 aromatic rings. The van der Waals surface area contributed by atoms with E-state index in [1.807, 2.05) is 66.7 Å². The molecule has 1 atom stereocenters. The van der Waals surface area contributed by atoms with Gasteiger partial charge in [-0.3, -0.25) is 9.78 Å². The second-order valence-electron chi connectivity index (χ2n) is 7.00. The third-order valence-electron chi connectivity index (χ3n) is 4.64. The number of carbonyl (C=O) groups is 1. The maximum atomic E-state index is 11.1. The Kier molecular flexibility index (Phi) is 6.24. The van der Waals surface area contributed by atoms with Crippen LogP contribution in [0.5, 0.6) is 11.5 Å². The summed E-state index contributed by atoms with van der Waals surface area (Å²) >= 11 is 1.48. The van der Waals surface area contributed by atoms with Gasteiger partial charge in [0.1, 0.15) is 11.5 Å². The number of anilines is 1. The highest BCUT2D eigenvalue weighted by Crippen LogP contribution is 2.39. The summed E-state index contributed by atoms with van der Waals surface area (Å²) in [6.45, 7) is 1.97. The predicted molar refractivity (Wildman–Crippen MR) is 123 cm³/mol. The zero-order valence-electron chi connectivity index (χ0n) is 16.9. The maximum Gasteiger partial charge on any atom is 0.308 e. The Bertz CT molecular complexity index is 1150. The number of benzene rings is 2. The van der Waals surface area contributed by atoms with Crippen molar-refractivity contribution in [2.45, 2.75) is 6.92 Å². The van der Waals surface area contributed by atoms with Crippen LogP contribution in [-0.4, -0.2) is 27.6 Å². The second-order valence-corrected chi connectivity index (χ2v) is 8.00. The molecule has 0 aliphatic heterocycles. The van der Waals surface area contributed by atoms with Gasteiger partial charge in [-0.1, -0.05) is 42.5 Å². The number of ether oxygens (including phenoxy) is 1. The van der Waals surface area contributed by atoms with Crippen molar-refractivity contribution in [1.29, 1.82) is 0 Å². The van der Waals surface area contributed by atoms with E-state index in [9.17, 15) is 4.79 Å². The van der Waals surface area contributed by atoms with Crippen molar-refractivity contribution in [3.8, 4) is 33.2 Å². The molecule has 0 saturated heterocycles. The van der Waals surface area contributed by atoms with Crippen LogP contribution < -0.4 is 10.1 Å². The van der Waals surface area contributed by atoms with Crippen LogP contribution in [0.1, 0.15) is 6.92 Å². The Morgan fingerprint density at radius 3 is 2.45 bits per heavy atom. The fourth-order valence-electron chi connectivity index (χ4n) is 2.92. The number of thiazole rings is 1. The number of carboxylic acid groups (broad SMARTS) is 1. The van der Waals surface area contributed by atoms with Crippen LogP contribution in [0.15, 0.2) is 79.1 Å². The lowest BCUT2D eigenvalue weighted by atomic mass is 10.1. The van der Waals surface area contributed by atoms with Crippen molar-refractivity contribution in [3.63, 3.8) is 0 Å². The summed E-state index contributed by atoms with van der Waals surface area (Å²) in [5, 5.41) is 13.0. The van der Waals surface area contributed by atoms with E-state index < -0.39 is 11.9 Å². The first-order chi connectivity index (χ1) is 15.1.